The fraction of sp³-hybridized carbons (Fsp3) is 0.400. The molecule has 3 aromatic heterocycles. The number of fused-ring (bicyclic) bond motifs is 1. The molecule has 1 atom stereocenters. The van der Waals surface area contributed by atoms with Crippen molar-refractivity contribution in [3.05, 3.63) is 78.1 Å². The molecule has 7 rings (SSSR count). The zero-order valence-corrected chi connectivity index (χ0v) is 26.8. The molecule has 250 valence electrons. The third-order valence-corrected chi connectivity index (χ3v) is 9.17. The number of hydrogen-bond acceptors (Lipinski definition) is 9. The first kappa shape index (κ1) is 31.9. The predicted octanol–water partition coefficient (Wildman–Crippen LogP) is 3.75. The number of ether oxygens (including phenoxy) is 1. The molecular weight excluding hydrogens is 613 g/mol. The number of H-pyrrole nitrogens is 1. The van der Waals surface area contributed by atoms with Gasteiger partial charge in [-0.05, 0) is 86.4 Å². The third-order valence-electron chi connectivity index (χ3n) is 9.17. The second kappa shape index (κ2) is 14.6. The number of pyridine rings is 1. The number of aromatic nitrogens is 4. The number of carbonyl (C=O) groups is 2. The van der Waals surface area contributed by atoms with Gasteiger partial charge in [0.2, 0.25) is 0 Å². The van der Waals surface area contributed by atoms with E-state index in [2.05, 4.69) is 51.3 Å². The van der Waals surface area contributed by atoms with E-state index in [1.54, 1.807) is 18.6 Å². The smallest absolute Gasteiger partial charge is 0.279 e. The number of hydrogen-bond donors (Lipinski definition) is 3. The molecule has 13 heteroatoms. The van der Waals surface area contributed by atoms with E-state index in [0.29, 0.717) is 44.2 Å². The minimum absolute atomic E-state index is 0.133. The fourth-order valence-corrected chi connectivity index (χ4v) is 6.43. The summed E-state index contributed by atoms with van der Waals surface area (Å²) >= 11 is 0. The minimum atomic E-state index is -0.718. The number of nitrogens with zero attached hydrogens (tertiary/aromatic N) is 6. The van der Waals surface area contributed by atoms with Gasteiger partial charge in [0.1, 0.15) is 23.5 Å². The lowest BCUT2D eigenvalue weighted by Gasteiger charge is -2.33. The second-order valence-corrected chi connectivity index (χ2v) is 12.6. The highest BCUT2D eigenvalue weighted by Gasteiger charge is 2.24. The maximum atomic E-state index is 14.4. The number of carbonyl (C=O) groups excluding carboxylic acids is 2. The Morgan fingerprint density at radius 3 is 2.58 bits per heavy atom. The first-order chi connectivity index (χ1) is 23.5. The predicted molar refractivity (Wildman–Crippen MR) is 181 cm³/mol. The Morgan fingerprint density at radius 2 is 1.79 bits per heavy atom. The van der Waals surface area contributed by atoms with Gasteiger partial charge in [0.15, 0.2) is 5.83 Å². The number of benzene rings is 1. The van der Waals surface area contributed by atoms with E-state index in [4.69, 9.17) is 4.74 Å². The molecule has 12 nitrogen and oxygen atoms in total. The molecule has 3 N–H and O–H groups in total. The lowest BCUT2D eigenvalue weighted by molar-refractivity contribution is -0.120. The van der Waals surface area contributed by atoms with Gasteiger partial charge in [-0.1, -0.05) is 12.1 Å². The number of halogens is 1. The van der Waals surface area contributed by atoms with Crippen LogP contribution in [0.15, 0.2) is 66.9 Å². The third kappa shape index (κ3) is 7.53. The molecule has 3 fully saturated rings. The molecule has 48 heavy (non-hydrogen) atoms. The van der Waals surface area contributed by atoms with Crippen molar-refractivity contribution in [2.75, 3.05) is 69.2 Å². The lowest BCUT2D eigenvalue weighted by atomic mass is 10.0. The second-order valence-electron chi connectivity index (χ2n) is 12.6. The lowest BCUT2D eigenvalue weighted by Crippen LogP contribution is -2.47. The molecule has 4 aromatic rings. The van der Waals surface area contributed by atoms with Crippen LogP contribution in [0.4, 0.5) is 15.9 Å². The van der Waals surface area contributed by atoms with E-state index in [9.17, 15) is 14.0 Å². The van der Waals surface area contributed by atoms with Crippen LogP contribution in [0.2, 0.25) is 0 Å². The summed E-state index contributed by atoms with van der Waals surface area (Å²) in [5.41, 5.74) is 4.56. The van der Waals surface area contributed by atoms with Crippen LogP contribution in [0.3, 0.4) is 0 Å². The monoisotopic (exact) mass is 653 g/mol. The van der Waals surface area contributed by atoms with E-state index in [0.717, 1.165) is 85.7 Å². The summed E-state index contributed by atoms with van der Waals surface area (Å²) in [6, 6.07) is 13.2. The number of anilines is 2. The van der Waals surface area contributed by atoms with Crippen molar-refractivity contribution in [3.8, 4) is 11.3 Å². The van der Waals surface area contributed by atoms with Gasteiger partial charge < -0.3 is 25.3 Å². The van der Waals surface area contributed by atoms with Crippen molar-refractivity contribution in [2.24, 2.45) is 0 Å². The summed E-state index contributed by atoms with van der Waals surface area (Å²) in [4.78, 5) is 48.8. The van der Waals surface area contributed by atoms with E-state index >= 15 is 0 Å². The van der Waals surface area contributed by atoms with E-state index in [1.807, 2.05) is 30.3 Å². The number of likely N-dealkylation sites (tertiary alicyclic amines) is 2. The van der Waals surface area contributed by atoms with Gasteiger partial charge in [-0.25, -0.2) is 14.4 Å². The summed E-state index contributed by atoms with van der Waals surface area (Å²) in [6.07, 6.45) is 7.40. The summed E-state index contributed by atoms with van der Waals surface area (Å²) in [6.45, 7) is 7.37. The minimum Gasteiger partial charge on any atom is -0.378 e. The van der Waals surface area contributed by atoms with Crippen molar-refractivity contribution >= 4 is 34.4 Å². The molecule has 0 radical (unpaired) electrons. The van der Waals surface area contributed by atoms with Gasteiger partial charge in [-0.15, -0.1) is 0 Å². The highest BCUT2D eigenvalue weighted by molar-refractivity contribution is 6.03. The van der Waals surface area contributed by atoms with Crippen molar-refractivity contribution in [2.45, 2.75) is 31.8 Å². The highest BCUT2D eigenvalue weighted by atomic mass is 19.1. The van der Waals surface area contributed by atoms with Crippen molar-refractivity contribution in [1.82, 2.24) is 35.1 Å². The Balaban J connectivity index is 0.942. The SMILES string of the molecule is O=C(N[C@@H]1CCCN(Cc2ccnc(C(=O)Nc3ccc(-c4cc5c(N6CCOCC6)ncnc5[nH]4)cc3)c2)C1)/C(F)=C\CN1CCC1. The normalized spacial score (nSPS) is 19.2. The summed E-state index contributed by atoms with van der Waals surface area (Å²) in [5, 5.41) is 6.77. The Morgan fingerprint density at radius 1 is 0.979 bits per heavy atom. The van der Waals surface area contributed by atoms with Crippen molar-refractivity contribution in [3.63, 3.8) is 0 Å². The van der Waals surface area contributed by atoms with Crippen LogP contribution >= 0.6 is 0 Å². The number of morpholine rings is 1. The maximum absolute atomic E-state index is 14.4. The van der Waals surface area contributed by atoms with E-state index < -0.39 is 11.7 Å². The molecule has 0 bridgehead atoms. The molecule has 3 saturated heterocycles. The largest absolute Gasteiger partial charge is 0.378 e. The first-order valence-electron chi connectivity index (χ1n) is 16.6. The molecule has 0 saturated carbocycles. The Labute approximate surface area is 278 Å². The van der Waals surface area contributed by atoms with Gasteiger partial charge in [0, 0.05) is 56.3 Å². The summed E-state index contributed by atoms with van der Waals surface area (Å²) in [5.74, 6) is -0.770. The van der Waals surface area contributed by atoms with Crippen LogP contribution in [0.1, 0.15) is 35.3 Å². The van der Waals surface area contributed by atoms with E-state index in [-0.39, 0.29) is 11.9 Å². The zero-order valence-electron chi connectivity index (χ0n) is 26.8. The maximum Gasteiger partial charge on any atom is 0.279 e. The summed E-state index contributed by atoms with van der Waals surface area (Å²) in [7, 11) is 0. The van der Waals surface area contributed by atoms with Crippen molar-refractivity contribution < 1.29 is 18.7 Å². The van der Waals surface area contributed by atoms with Crippen LogP contribution < -0.4 is 15.5 Å². The summed E-state index contributed by atoms with van der Waals surface area (Å²) < 4.78 is 19.8. The van der Waals surface area contributed by atoms with Crippen LogP contribution in [-0.2, 0) is 16.1 Å². The van der Waals surface area contributed by atoms with Gasteiger partial charge >= 0.3 is 0 Å². The molecule has 2 amide bonds. The average Bonchev–Trinajstić information content (AvgIpc) is 3.53. The number of nitrogens with one attached hydrogen (secondary N) is 3. The Kier molecular flexibility index (Phi) is 9.68. The number of aromatic amines is 1. The zero-order chi connectivity index (χ0) is 32.9. The molecule has 0 aliphatic carbocycles. The molecular formula is C35H40FN9O3. The number of piperidine rings is 1. The Bertz CT molecular complexity index is 1780. The van der Waals surface area contributed by atoms with Crippen LogP contribution in [0.5, 0.6) is 0 Å². The molecule has 1 aromatic carbocycles. The fourth-order valence-electron chi connectivity index (χ4n) is 6.43. The van der Waals surface area contributed by atoms with Gasteiger partial charge in [0.05, 0.1) is 18.6 Å². The number of rotatable bonds is 10. The van der Waals surface area contributed by atoms with Gasteiger partial charge in [-0.2, -0.15) is 0 Å². The average molecular weight is 654 g/mol. The van der Waals surface area contributed by atoms with Crippen LogP contribution in [0.25, 0.3) is 22.3 Å². The highest BCUT2D eigenvalue weighted by Crippen LogP contribution is 2.30. The van der Waals surface area contributed by atoms with Crippen molar-refractivity contribution in [1.29, 1.82) is 0 Å². The standard InChI is InChI=1S/C35H40FN9O3/c36-29(9-14-43-12-2-13-43)34(46)41-27-3-1-11-44(22-27)21-24-8-10-37-31(19-24)35(47)40-26-6-4-25(5-7-26)30-20-28-32(42-30)38-23-39-33(28)45-15-17-48-18-16-45/h4-10,19-20,23,27H,1-3,11-18,21-22H2,(H,40,47)(H,41,46)(H,38,39,42)/b29-9+/t27-/m1/s1. The number of amides is 2. The molecule has 6 heterocycles. The van der Waals surface area contributed by atoms with Gasteiger partial charge in [-0.3, -0.25) is 24.4 Å². The Hall–Kier alpha value is -4.72. The van der Waals surface area contributed by atoms with Crippen LogP contribution in [-0.4, -0.2) is 107 Å². The molecule has 3 aliphatic rings. The van der Waals surface area contributed by atoms with Crippen LogP contribution in [0, 0.1) is 0 Å². The first-order valence-corrected chi connectivity index (χ1v) is 16.6. The quantitative estimate of drug-likeness (QED) is 0.219. The molecule has 3 aliphatic heterocycles. The van der Waals surface area contributed by atoms with E-state index in [1.165, 1.54) is 6.08 Å². The van der Waals surface area contributed by atoms with Gasteiger partial charge in [0.25, 0.3) is 11.8 Å². The molecule has 0 spiro atoms. The topological polar surface area (TPSA) is 132 Å². The molecule has 0 unspecified atom stereocenters.